The normalized spacial score (nSPS) is 38.4. The Morgan fingerprint density at radius 2 is 2.31 bits per heavy atom. The maximum absolute atomic E-state index is 11.3. The molecule has 2 rings (SSSR count). The van der Waals surface area contributed by atoms with Gasteiger partial charge in [-0.3, -0.25) is 0 Å². The van der Waals surface area contributed by atoms with Crippen LogP contribution in [0.3, 0.4) is 0 Å². The van der Waals surface area contributed by atoms with Crippen LogP contribution in [0.4, 0.5) is 0 Å². The minimum absolute atomic E-state index is 0.189. The van der Waals surface area contributed by atoms with Crippen LogP contribution in [0.25, 0.3) is 0 Å². The summed E-state index contributed by atoms with van der Waals surface area (Å²) in [7, 11) is 1.43. The summed E-state index contributed by atoms with van der Waals surface area (Å²) in [5.41, 5.74) is 0. The molecule has 1 saturated carbocycles. The highest BCUT2D eigenvalue weighted by atomic mass is 16.6. The zero-order valence-corrected chi connectivity index (χ0v) is 7.99. The number of carbonyl (C=O) groups excluding carboxylic acids is 1. The lowest BCUT2D eigenvalue weighted by Crippen LogP contribution is -2.42. The van der Waals surface area contributed by atoms with E-state index in [4.69, 9.17) is 9.47 Å². The van der Waals surface area contributed by atoms with Gasteiger partial charge in [-0.15, -0.1) is 0 Å². The smallest absolute Gasteiger partial charge is 0.335 e. The van der Waals surface area contributed by atoms with E-state index in [1.165, 1.54) is 20.0 Å². The molecule has 0 aromatic carbocycles. The van der Waals surface area contributed by atoms with Crippen molar-refractivity contribution in [3.63, 3.8) is 0 Å². The lowest BCUT2D eigenvalue weighted by atomic mass is 9.77. The first kappa shape index (κ1) is 9.00. The zero-order chi connectivity index (χ0) is 9.26. The summed E-state index contributed by atoms with van der Waals surface area (Å²) >= 11 is 0. The summed E-state index contributed by atoms with van der Waals surface area (Å²) in [5, 5.41) is 0. The maximum Gasteiger partial charge on any atom is 0.335 e. The summed E-state index contributed by atoms with van der Waals surface area (Å²) in [6.45, 7) is 0.746. The molecule has 0 amide bonds. The average molecular weight is 184 g/mol. The highest BCUT2D eigenvalue weighted by molar-refractivity contribution is 5.75. The van der Waals surface area contributed by atoms with E-state index in [1.54, 1.807) is 0 Å². The first-order chi connectivity index (χ1) is 6.31. The summed E-state index contributed by atoms with van der Waals surface area (Å²) in [5.74, 6) is 0.921. The minimum atomic E-state index is -0.276. The molecule has 1 aliphatic carbocycles. The van der Waals surface area contributed by atoms with Crippen molar-refractivity contribution in [2.24, 2.45) is 11.8 Å². The monoisotopic (exact) mass is 184 g/mol. The molecule has 13 heavy (non-hydrogen) atoms. The lowest BCUT2D eigenvalue weighted by Gasteiger charge is -2.38. The number of esters is 1. The van der Waals surface area contributed by atoms with Crippen LogP contribution in [0.2, 0.25) is 0 Å². The van der Waals surface area contributed by atoms with Crippen LogP contribution in [0, 0.1) is 11.8 Å². The molecular formula is C10H16O3. The third kappa shape index (κ3) is 1.70. The highest BCUT2D eigenvalue weighted by Gasteiger charge is 2.38. The van der Waals surface area contributed by atoms with Gasteiger partial charge in [0, 0.05) is 0 Å². The predicted octanol–water partition coefficient (Wildman–Crippen LogP) is 1.36. The molecule has 1 aliphatic heterocycles. The Labute approximate surface area is 78.4 Å². The predicted molar refractivity (Wildman–Crippen MR) is 47.2 cm³/mol. The molecule has 3 heteroatoms. The SMILES string of the molecule is COC(=O)[C@H]1OC[C@@H]2CCC[C@H]1C2. The molecular weight excluding hydrogens is 168 g/mol. The Bertz CT molecular complexity index is 202. The van der Waals surface area contributed by atoms with E-state index in [2.05, 4.69) is 0 Å². The fourth-order valence-corrected chi connectivity index (χ4v) is 2.51. The van der Waals surface area contributed by atoms with Crippen molar-refractivity contribution < 1.29 is 14.3 Å². The van der Waals surface area contributed by atoms with Crippen molar-refractivity contribution >= 4 is 5.97 Å². The Morgan fingerprint density at radius 1 is 1.46 bits per heavy atom. The molecule has 0 unspecified atom stereocenters. The van der Waals surface area contributed by atoms with Crippen LogP contribution in [0.1, 0.15) is 25.7 Å². The summed E-state index contributed by atoms with van der Waals surface area (Å²) in [6.07, 6.45) is 4.51. The van der Waals surface area contributed by atoms with Crippen molar-refractivity contribution in [3.05, 3.63) is 0 Å². The van der Waals surface area contributed by atoms with E-state index >= 15 is 0 Å². The standard InChI is InChI=1S/C10H16O3/c1-12-10(11)9-8-4-2-3-7(5-8)6-13-9/h7-9H,2-6H2,1H3/t7-,8+,9+/m1/s1. The fraction of sp³-hybridized carbons (Fsp3) is 0.900. The van der Waals surface area contributed by atoms with Gasteiger partial charge in [0.15, 0.2) is 6.10 Å². The molecule has 2 bridgehead atoms. The number of rotatable bonds is 1. The number of carbonyl (C=O) groups is 1. The van der Waals surface area contributed by atoms with Gasteiger partial charge < -0.3 is 9.47 Å². The molecule has 0 spiro atoms. The van der Waals surface area contributed by atoms with Gasteiger partial charge in [-0.1, -0.05) is 6.42 Å². The number of ether oxygens (including phenoxy) is 2. The minimum Gasteiger partial charge on any atom is -0.467 e. The quantitative estimate of drug-likeness (QED) is 0.577. The molecule has 3 nitrogen and oxygen atoms in total. The van der Waals surface area contributed by atoms with E-state index < -0.39 is 0 Å². The van der Waals surface area contributed by atoms with E-state index in [1.807, 2.05) is 0 Å². The van der Waals surface area contributed by atoms with Crippen molar-refractivity contribution in [2.45, 2.75) is 31.8 Å². The van der Waals surface area contributed by atoms with Gasteiger partial charge in [0.05, 0.1) is 13.7 Å². The summed E-state index contributed by atoms with van der Waals surface area (Å²) in [4.78, 5) is 11.3. The van der Waals surface area contributed by atoms with Gasteiger partial charge in [0.1, 0.15) is 0 Å². The van der Waals surface area contributed by atoms with Crippen LogP contribution >= 0.6 is 0 Å². The largest absolute Gasteiger partial charge is 0.467 e. The third-order valence-corrected chi connectivity index (χ3v) is 3.20. The van der Waals surface area contributed by atoms with Crippen molar-refractivity contribution in [1.29, 1.82) is 0 Å². The summed E-state index contributed by atoms with van der Waals surface area (Å²) in [6, 6.07) is 0. The molecule has 3 atom stereocenters. The highest BCUT2D eigenvalue weighted by Crippen LogP contribution is 2.37. The van der Waals surface area contributed by atoms with Gasteiger partial charge in [0.2, 0.25) is 0 Å². The van der Waals surface area contributed by atoms with Gasteiger partial charge in [0.25, 0.3) is 0 Å². The topological polar surface area (TPSA) is 35.5 Å². The summed E-state index contributed by atoms with van der Waals surface area (Å²) < 4.78 is 10.2. The average Bonchev–Trinajstić information content (AvgIpc) is 2.18. The molecule has 0 aromatic heterocycles. The third-order valence-electron chi connectivity index (χ3n) is 3.20. The van der Waals surface area contributed by atoms with Crippen LogP contribution < -0.4 is 0 Å². The molecule has 2 aliphatic rings. The van der Waals surface area contributed by atoms with E-state index in [-0.39, 0.29) is 12.1 Å². The zero-order valence-electron chi connectivity index (χ0n) is 7.99. The fourth-order valence-electron chi connectivity index (χ4n) is 2.51. The molecule has 0 N–H and O–H groups in total. The Balaban J connectivity index is 2.01. The molecule has 2 fully saturated rings. The van der Waals surface area contributed by atoms with E-state index in [0.717, 1.165) is 19.4 Å². The number of fused-ring (bicyclic) bond motifs is 2. The van der Waals surface area contributed by atoms with Gasteiger partial charge in [-0.25, -0.2) is 4.79 Å². The van der Waals surface area contributed by atoms with E-state index in [0.29, 0.717) is 11.8 Å². The second-order valence-corrected chi connectivity index (χ2v) is 4.07. The number of methoxy groups -OCH3 is 1. The second kappa shape index (κ2) is 3.66. The van der Waals surface area contributed by atoms with E-state index in [9.17, 15) is 4.79 Å². The molecule has 74 valence electrons. The van der Waals surface area contributed by atoms with Crippen molar-refractivity contribution in [2.75, 3.05) is 13.7 Å². The first-order valence-electron chi connectivity index (χ1n) is 5.00. The Kier molecular flexibility index (Phi) is 2.54. The first-order valence-corrected chi connectivity index (χ1v) is 5.00. The van der Waals surface area contributed by atoms with Crippen LogP contribution in [-0.2, 0) is 14.3 Å². The van der Waals surface area contributed by atoms with Gasteiger partial charge >= 0.3 is 5.97 Å². The van der Waals surface area contributed by atoms with Crippen LogP contribution in [0.5, 0.6) is 0 Å². The van der Waals surface area contributed by atoms with Crippen LogP contribution in [0.15, 0.2) is 0 Å². The lowest BCUT2D eigenvalue weighted by molar-refractivity contribution is -0.167. The Hall–Kier alpha value is -0.570. The molecule has 1 saturated heterocycles. The molecule has 1 heterocycles. The molecule has 0 aromatic rings. The van der Waals surface area contributed by atoms with Crippen molar-refractivity contribution in [1.82, 2.24) is 0 Å². The molecule has 0 radical (unpaired) electrons. The maximum atomic E-state index is 11.3. The van der Waals surface area contributed by atoms with Crippen molar-refractivity contribution in [3.8, 4) is 0 Å². The second-order valence-electron chi connectivity index (χ2n) is 4.07. The van der Waals surface area contributed by atoms with Gasteiger partial charge in [-0.2, -0.15) is 0 Å². The number of hydrogen-bond acceptors (Lipinski definition) is 3. The Morgan fingerprint density at radius 3 is 3.08 bits per heavy atom. The van der Waals surface area contributed by atoms with Crippen LogP contribution in [-0.4, -0.2) is 25.8 Å². The number of hydrogen-bond donors (Lipinski definition) is 0. The van der Waals surface area contributed by atoms with Gasteiger partial charge in [-0.05, 0) is 31.1 Å².